The summed E-state index contributed by atoms with van der Waals surface area (Å²) in [4.78, 5) is 18.2. The molecule has 0 aliphatic heterocycles. The average Bonchev–Trinajstić information content (AvgIpc) is 3.03. The van der Waals surface area contributed by atoms with E-state index in [-0.39, 0.29) is 5.91 Å². The summed E-state index contributed by atoms with van der Waals surface area (Å²) < 4.78 is 5.15. The molecule has 0 saturated heterocycles. The van der Waals surface area contributed by atoms with E-state index < -0.39 is 0 Å². The Balaban J connectivity index is 1.61. The highest BCUT2D eigenvalue weighted by molar-refractivity contribution is 7.12. The molecule has 0 bridgehead atoms. The maximum Gasteiger partial charge on any atom is 0.251 e. The first-order valence-electron chi connectivity index (χ1n) is 8.22. The third-order valence-electron chi connectivity index (χ3n) is 3.93. The van der Waals surface area contributed by atoms with E-state index in [0.29, 0.717) is 29.3 Å². The van der Waals surface area contributed by atoms with Gasteiger partial charge in [0.2, 0.25) is 0 Å². The van der Waals surface area contributed by atoms with E-state index in [0.717, 1.165) is 16.3 Å². The predicted octanol–water partition coefficient (Wildman–Crippen LogP) is 4.75. The molecule has 1 aromatic heterocycles. The minimum absolute atomic E-state index is 0.156. The molecule has 4 nitrogen and oxygen atoms in total. The first-order valence-corrected chi connectivity index (χ1v) is 9.41. The minimum atomic E-state index is -0.156. The molecule has 6 heteroatoms. The molecule has 0 spiro atoms. The lowest BCUT2D eigenvalue weighted by Gasteiger charge is -2.07. The molecule has 0 atom stereocenters. The fraction of sp³-hybridized carbons (Fsp3) is 0.200. The Labute approximate surface area is 161 Å². The van der Waals surface area contributed by atoms with Crippen LogP contribution >= 0.6 is 22.9 Å². The van der Waals surface area contributed by atoms with Gasteiger partial charge in [0.25, 0.3) is 5.91 Å². The summed E-state index contributed by atoms with van der Waals surface area (Å²) in [5.41, 5.74) is 2.65. The van der Waals surface area contributed by atoms with Crippen molar-refractivity contribution in [2.24, 2.45) is 0 Å². The van der Waals surface area contributed by atoms with Crippen LogP contribution in [0.1, 0.15) is 20.2 Å². The van der Waals surface area contributed by atoms with Crippen molar-refractivity contribution in [2.45, 2.75) is 13.3 Å². The summed E-state index contributed by atoms with van der Waals surface area (Å²) in [7, 11) is 1.53. The number of amides is 1. The standard InChI is InChI=1S/C20H19ClN2O2S/c1-13-19(14-6-4-3-5-7-14)23-18(26-13)10-11-22-20(24)15-8-9-16(21)17(12-15)25-2/h3-9,12H,10-11H2,1-2H3,(H,22,24). The normalized spacial score (nSPS) is 10.6. The molecule has 0 saturated carbocycles. The Bertz CT molecular complexity index is 909. The van der Waals surface area contributed by atoms with Gasteiger partial charge in [-0.2, -0.15) is 0 Å². The second-order valence-electron chi connectivity index (χ2n) is 5.73. The van der Waals surface area contributed by atoms with Gasteiger partial charge >= 0.3 is 0 Å². The highest BCUT2D eigenvalue weighted by atomic mass is 35.5. The van der Waals surface area contributed by atoms with Crippen molar-refractivity contribution in [3.8, 4) is 17.0 Å². The van der Waals surface area contributed by atoms with Gasteiger partial charge in [0, 0.05) is 29.0 Å². The van der Waals surface area contributed by atoms with Crippen molar-refractivity contribution in [2.75, 3.05) is 13.7 Å². The zero-order valence-corrected chi connectivity index (χ0v) is 16.2. The molecular formula is C20H19ClN2O2S. The molecule has 3 aromatic rings. The molecule has 1 amide bonds. The van der Waals surface area contributed by atoms with Gasteiger partial charge in [-0.1, -0.05) is 41.9 Å². The molecule has 1 heterocycles. The molecule has 2 aromatic carbocycles. The van der Waals surface area contributed by atoms with E-state index in [4.69, 9.17) is 21.3 Å². The maximum atomic E-state index is 12.3. The average molecular weight is 387 g/mol. The van der Waals surface area contributed by atoms with Gasteiger partial charge in [0.05, 0.1) is 22.8 Å². The number of carbonyl (C=O) groups is 1. The van der Waals surface area contributed by atoms with Gasteiger partial charge < -0.3 is 10.1 Å². The van der Waals surface area contributed by atoms with Crippen LogP contribution in [0.25, 0.3) is 11.3 Å². The van der Waals surface area contributed by atoms with Crippen molar-refractivity contribution < 1.29 is 9.53 Å². The zero-order chi connectivity index (χ0) is 18.5. The molecular weight excluding hydrogens is 368 g/mol. The lowest BCUT2D eigenvalue weighted by atomic mass is 10.1. The Hall–Kier alpha value is -2.37. The number of aromatic nitrogens is 1. The number of rotatable bonds is 6. The second kappa shape index (κ2) is 8.34. The quantitative estimate of drug-likeness (QED) is 0.664. The fourth-order valence-electron chi connectivity index (χ4n) is 2.61. The maximum absolute atomic E-state index is 12.3. The van der Waals surface area contributed by atoms with Gasteiger partial charge in [-0.05, 0) is 25.1 Å². The Morgan fingerprint density at radius 3 is 2.73 bits per heavy atom. The molecule has 26 heavy (non-hydrogen) atoms. The highest BCUT2D eigenvalue weighted by Gasteiger charge is 2.11. The topological polar surface area (TPSA) is 51.2 Å². The third-order valence-corrected chi connectivity index (χ3v) is 5.27. The molecule has 0 fully saturated rings. The second-order valence-corrected chi connectivity index (χ2v) is 7.43. The number of nitrogens with one attached hydrogen (secondary N) is 1. The fourth-order valence-corrected chi connectivity index (χ4v) is 3.76. The molecule has 3 rings (SSSR count). The van der Waals surface area contributed by atoms with E-state index in [1.54, 1.807) is 29.5 Å². The predicted molar refractivity (Wildman–Crippen MR) is 106 cm³/mol. The van der Waals surface area contributed by atoms with Crippen LogP contribution < -0.4 is 10.1 Å². The highest BCUT2D eigenvalue weighted by Crippen LogP contribution is 2.27. The monoisotopic (exact) mass is 386 g/mol. The molecule has 1 N–H and O–H groups in total. The van der Waals surface area contributed by atoms with Crippen molar-refractivity contribution in [1.29, 1.82) is 0 Å². The number of halogens is 1. The van der Waals surface area contributed by atoms with Crippen molar-refractivity contribution in [3.05, 3.63) is 69.0 Å². The molecule has 0 radical (unpaired) electrons. The van der Waals surface area contributed by atoms with Crippen LogP contribution in [0.3, 0.4) is 0 Å². The number of methoxy groups -OCH3 is 1. The number of hydrogen-bond acceptors (Lipinski definition) is 4. The SMILES string of the molecule is COc1cc(C(=O)NCCc2nc(-c3ccccc3)c(C)s2)ccc1Cl. The zero-order valence-electron chi connectivity index (χ0n) is 14.6. The van der Waals surface area contributed by atoms with Crippen molar-refractivity contribution in [1.82, 2.24) is 10.3 Å². The number of ether oxygens (including phenoxy) is 1. The van der Waals surface area contributed by atoms with E-state index in [2.05, 4.69) is 24.4 Å². The van der Waals surface area contributed by atoms with Crippen molar-refractivity contribution >= 4 is 28.8 Å². The van der Waals surface area contributed by atoms with Gasteiger partial charge in [0.15, 0.2) is 0 Å². The van der Waals surface area contributed by atoms with Crippen molar-refractivity contribution in [3.63, 3.8) is 0 Å². The largest absolute Gasteiger partial charge is 0.495 e. The van der Waals surface area contributed by atoms with Crippen LogP contribution in [0.2, 0.25) is 5.02 Å². The molecule has 0 aliphatic rings. The van der Waals surface area contributed by atoms with E-state index >= 15 is 0 Å². The summed E-state index contributed by atoms with van der Waals surface area (Å²) in [5, 5.41) is 4.41. The summed E-state index contributed by atoms with van der Waals surface area (Å²) in [6.45, 7) is 2.59. The van der Waals surface area contributed by atoms with Crippen LogP contribution in [-0.2, 0) is 6.42 Å². The van der Waals surface area contributed by atoms with Crippen LogP contribution in [0.4, 0.5) is 0 Å². The number of carbonyl (C=O) groups excluding carboxylic acids is 1. The summed E-state index contributed by atoms with van der Waals surface area (Å²) >= 11 is 7.65. The number of hydrogen-bond donors (Lipinski definition) is 1. The van der Waals surface area contributed by atoms with Gasteiger partial charge in [-0.15, -0.1) is 11.3 Å². The van der Waals surface area contributed by atoms with Crippen LogP contribution in [0.15, 0.2) is 48.5 Å². The van der Waals surface area contributed by atoms with Crippen LogP contribution in [-0.4, -0.2) is 24.5 Å². The summed E-state index contributed by atoms with van der Waals surface area (Å²) in [5.74, 6) is 0.332. The van der Waals surface area contributed by atoms with Gasteiger partial charge in [0.1, 0.15) is 5.75 Å². The number of nitrogens with zero attached hydrogens (tertiary/aromatic N) is 1. The summed E-state index contributed by atoms with van der Waals surface area (Å²) in [6.07, 6.45) is 0.689. The van der Waals surface area contributed by atoms with Crippen LogP contribution in [0, 0.1) is 6.92 Å². The van der Waals surface area contributed by atoms with Gasteiger partial charge in [-0.3, -0.25) is 4.79 Å². The third kappa shape index (κ3) is 4.23. The first kappa shape index (κ1) is 18.4. The number of aryl methyl sites for hydroxylation is 1. The molecule has 0 aliphatic carbocycles. The smallest absolute Gasteiger partial charge is 0.251 e. The lowest BCUT2D eigenvalue weighted by molar-refractivity contribution is 0.0954. The minimum Gasteiger partial charge on any atom is -0.495 e. The Kier molecular flexibility index (Phi) is 5.91. The van der Waals surface area contributed by atoms with E-state index in [1.165, 1.54) is 12.0 Å². The number of benzene rings is 2. The molecule has 134 valence electrons. The first-order chi connectivity index (χ1) is 12.6. The number of thiazole rings is 1. The summed E-state index contributed by atoms with van der Waals surface area (Å²) in [6, 6.07) is 15.1. The Morgan fingerprint density at radius 1 is 1.23 bits per heavy atom. The van der Waals surface area contributed by atoms with Gasteiger partial charge in [-0.25, -0.2) is 4.98 Å². The molecule has 0 unspecified atom stereocenters. The van der Waals surface area contributed by atoms with Crippen LogP contribution in [0.5, 0.6) is 5.75 Å². The Morgan fingerprint density at radius 2 is 2.00 bits per heavy atom. The lowest BCUT2D eigenvalue weighted by Crippen LogP contribution is -2.25. The van der Waals surface area contributed by atoms with E-state index in [1.807, 2.05) is 18.2 Å². The van der Waals surface area contributed by atoms with E-state index in [9.17, 15) is 4.79 Å².